The number of nitrogens with zero attached hydrogens (tertiary/aromatic N) is 1. The summed E-state index contributed by atoms with van der Waals surface area (Å²) in [5.74, 6) is 0. The molecule has 0 N–H and O–H groups in total. The van der Waals surface area contributed by atoms with E-state index in [1.165, 1.54) is 17.1 Å². The standard InChI is InChI=1S/C13H13NOS/c1-14(2)13(15)16-12-9-5-7-10-6-3-4-8-11(10)12/h3-9H,1-2H3. The van der Waals surface area contributed by atoms with Gasteiger partial charge >= 0.3 is 0 Å². The average Bonchev–Trinajstić information content (AvgIpc) is 2.29. The van der Waals surface area contributed by atoms with Gasteiger partial charge in [0.25, 0.3) is 5.24 Å². The summed E-state index contributed by atoms with van der Waals surface area (Å²) in [6.45, 7) is 0. The molecule has 16 heavy (non-hydrogen) atoms. The van der Waals surface area contributed by atoms with Gasteiger partial charge in [-0.15, -0.1) is 0 Å². The Morgan fingerprint density at radius 3 is 2.50 bits per heavy atom. The number of thioether (sulfide) groups is 1. The van der Waals surface area contributed by atoms with Crippen LogP contribution in [-0.2, 0) is 0 Å². The van der Waals surface area contributed by atoms with Crippen molar-refractivity contribution in [3.63, 3.8) is 0 Å². The summed E-state index contributed by atoms with van der Waals surface area (Å²) in [6.07, 6.45) is 0. The van der Waals surface area contributed by atoms with Crippen LogP contribution in [0.4, 0.5) is 4.79 Å². The third kappa shape index (κ3) is 2.19. The highest BCUT2D eigenvalue weighted by molar-refractivity contribution is 8.13. The van der Waals surface area contributed by atoms with E-state index in [1.807, 2.05) is 30.3 Å². The summed E-state index contributed by atoms with van der Waals surface area (Å²) >= 11 is 1.27. The third-order valence-corrected chi connectivity index (χ3v) is 3.43. The number of fused-ring (bicyclic) bond motifs is 1. The third-order valence-electron chi connectivity index (χ3n) is 2.31. The van der Waals surface area contributed by atoms with Crippen LogP contribution in [0.3, 0.4) is 0 Å². The van der Waals surface area contributed by atoms with Crippen molar-refractivity contribution in [2.75, 3.05) is 14.1 Å². The van der Waals surface area contributed by atoms with Crippen LogP contribution in [0.15, 0.2) is 47.4 Å². The fourth-order valence-electron chi connectivity index (χ4n) is 1.47. The smallest absolute Gasteiger partial charge is 0.285 e. The predicted octanol–water partition coefficient (Wildman–Crippen LogP) is 3.61. The van der Waals surface area contributed by atoms with Crippen LogP contribution in [0.1, 0.15) is 0 Å². The number of hydrogen-bond donors (Lipinski definition) is 0. The molecule has 0 spiro atoms. The number of carbonyl (C=O) groups is 1. The molecule has 2 rings (SSSR count). The minimum Gasteiger partial charge on any atom is -0.339 e. The van der Waals surface area contributed by atoms with Crippen molar-refractivity contribution in [3.05, 3.63) is 42.5 Å². The maximum Gasteiger partial charge on any atom is 0.285 e. The summed E-state index contributed by atoms with van der Waals surface area (Å²) in [6, 6.07) is 14.1. The van der Waals surface area contributed by atoms with Gasteiger partial charge < -0.3 is 4.90 Å². The highest BCUT2D eigenvalue weighted by Crippen LogP contribution is 2.28. The predicted molar refractivity (Wildman–Crippen MR) is 68.9 cm³/mol. The molecule has 2 aromatic rings. The van der Waals surface area contributed by atoms with Gasteiger partial charge in [-0.25, -0.2) is 0 Å². The largest absolute Gasteiger partial charge is 0.339 e. The molecule has 0 saturated heterocycles. The van der Waals surface area contributed by atoms with Crippen molar-refractivity contribution in [2.24, 2.45) is 0 Å². The molecule has 0 aliphatic heterocycles. The molecular formula is C13H13NOS. The van der Waals surface area contributed by atoms with Gasteiger partial charge in [-0.3, -0.25) is 4.79 Å². The van der Waals surface area contributed by atoms with Crippen molar-refractivity contribution in [3.8, 4) is 0 Å². The van der Waals surface area contributed by atoms with E-state index in [2.05, 4.69) is 12.1 Å². The van der Waals surface area contributed by atoms with Crippen LogP contribution in [0.2, 0.25) is 0 Å². The Morgan fingerprint density at radius 2 is 1.75 bits per heavy atom. The van der Waals surface area contributed by atoms with Crippen LogP contribution in [0, 0.1) is 0 Å². The van der Waals surface area contributed by atoms with Gasteiger partial charge in [0, 0.05) is 19.0 Å². The lowest BCUT2D eigenvalue weighted by molar-refractivity contribution is 0.241. The first kappa shape index (κ1) is 11.0. The van der Waals surface area contributed by atoms with Gasteiger partial charge in [0.15, 0.2) is 0 Å². The van der Waals surface area contributed by atoms with Crippen LogP contribution < -0.4 is 0 Å². The van der Waals surface area contributed by atoms with E-state index in [0.29, 0.717) is 0 Å². The number of rotatable bonds is 1. The molecule has 1 amide bonds. The van der Waals surface area contributed by atoms with Gasteiger partial charge in [0.1, 0.15) is 0 Å². The van der Waals surface area contributed by atoms with E-state index in [1.54, 1.807) is 19.0 Å². The molecule has 0 unspecified atom stereocenters. The van der Waals surface area contributed by atoms with Gasteiger partial charge in [0.05, 0.1) is 0 Å². The number of amides is 1. The number of benzene rings is 2. The molecule has 82 valence electrons. The molecule has 0 aromatic heterocycles. The minimum atomic E-state index is 0.0522. The molecule has 0 bridgehead atoms. The molecule has 0 aliphatic rings. The Labute approximate surface area is 99.3 Å². The normalized spacial score (nSPS) is 10.4. The molecular weight excluding hydrogens is 218 g/mol. The van der Waals surface area contributed by atoms with Gasteiger partial charge in [-0.1, -0.05) is 36.4 Å². The molecule has 0 atom stereocenters. The maximum absolute atomic E-state index is 11.6. The Hall–Kier alpha value is -1.48. The van der Waals surface area contributed by atoms with Crippen molar-refractivity contribution in [2.45, 2.75) is 4.90 Å². The zero-order valence-corrected chi connectivity index (χ0v) is 10.1. The zero-order chi connectivity index (χ0) is 11.5. The minimum absolute atomic E-state index is 0.0522. The summed E-state index contributed by atoms with van der Waals surface area (Å²) in [4.78, 5) is 14.2. The van der Waals surface area contributed by atoms with E-state index < -0.39 is 0 Å². The van der Waals surface area contributed by atoms with Crippen LogP contribution in [0.25, 0.3) is 10.8 Å². The Kier molecular flexibility index (Phi) is 3.15. The second kappa shape index (κ2) is 4.58. The zero-order valence-electron chi connectivity index (χ0n) is 9.31. The van der Waals surface area contributed by atoms with Gasteiger partial charge in [-0.2, -0.15) is 0 Å². The summed E-state index contributed by atoms with van der Waals surface area (Å²) < 4.78 is 0. The van der Waals surface area contributed by atoms with E-state index in [0.717, 1.165) is 10.3 Å². The highest BCUT2D eigenvalue weighted by atomic mass is 32.2. The first-order valence-electron chi connectivity index (χ1n) is 5.05. The van der Waals surface area contributed by atoms with Crippen molar-refractivity contribution in [1.29, 1.82) is 0 Å². The number of carbonyl (C=O) groups excluding carboxylic acids is 1. The molecule has 0 saturated carbocycles. The van der Waals surface area contributed by atoms with Gasteiger partial charge in [0.2, 0.25) is 0 Å². The lowest BCUT2D eigenvalue weighted by atomic mass is 10.1. The molecule has 3 heteroatoms. The molecule has 0 aliphatic carbocycles. The monoisotopic (exact) mass is 231 g/mol. The summed E-state index contributed by atoms with van der Waals surface area (Å²) in [7, 11) is 3.53. The van der Waals surface area contributed by atoms with Crippen molar-refractivity contribution < 1.29 is 4.79 Å². The Morgan fingerprint density at radius 1 is 1.06 bits per heavy atom. The molecule has 0 heterocycles. The van der Waals surface area contributed by atoms with E-state index >= 15 is 0 Å². The first-order chi connectivity index (χ1) is 7.68. The van der Waals surface area contributed by atoms with E-state index in [9.17, 15) is 4.79 Å². The second-order valence-electron chi connectivity index (χ2n) is 3.74. The topological polar surface area (TPSA) is 20.3 Å². The maximum atomic E-state index is 11.6. The molecule has 2 nitrogen and oxygen atoms in total. The SMILES string of the molecule is CN(C)C(=O)Sc1cccc2ccccc12. The van der Waals surface area contributed by atoms with Crippen LogP contribution >= 0.6 is 11.8 Å². The second-order valence-corrected chi connectivity index (χ2v) is 4.73. The van der Waals surface area contributed by atoms with Crippen molar-refractivity contribution >= 4 is 27.8 Å². The van der Waals surface area contributed by atoms with E-state index in [-0.39, 0.29) is 5.24 Å². The quantitative estimate of drug-likeness (QED) is 0.699. The van der Waals surface area contributed by atoms with Crippen LogP contribution in [0.5, 0.6) is 0 Å². The van der Waals surface area contributed by atoms with Crippen LogP contribution in [-0.4, -0.2) is 24.2 Å². The first-order valence-corrected chi connectivity index (χ1v) is 5.87. The van der Waals surface area contributed by atoms with Gasteiger partial charge in [-0.05, 0) is 28.6 Å². The Bertz CT molecular complexity index is 517. The molecule has 0 radical (unpaired) electrons. The lowest BCUT2D eigenvalue weighted by Crippen LogP contribution is -2.16. The number of hydrogen-bond acceptors (Lipinski definition) is 2. The molecule has 0 fully saturated rings. The Balaban J connectivity index is 2.41. The highest BCUT2D eigenvalue weighted by Gasteiger charge is 2.08. The summed E-state index contributed by atoms with van der Waals surface area (Å²) in [5, 5.41) is 2.35. The fourth-order valence-corrected chi connectivity index (χ4v) is 2.28. The lowest BCUT2D eigenvalue weighted by Gasteiger charge is -2.10. The summed E-state index contributed by atoms with van der Waals surface area (Å²) in [5.41, 5.74) is 0. The van der Waals surface area contributed by atoms with Crippen molar-refractivity contribution in [1.82, 2.24) is 4.90 Å². The fraction of sp³-hybridized carbons (Fsp3) is 0.154. The van der Waals surface area contributed by atoms with E-state index in [4.69, 9.17) is 0 Å². The molecule has 2 aromatic carbocycles. The average molecular weight is 231 g/mol.